The number of esters is 1. The maximum Gasteiger partial charge on any atom is 0.338 e. The highest BCUT2D eigenvalue weighted by Crippen LogP contribution is 2.57. The second kappa shape index (κ2) is 9.45. The van der Waals surface area contributed by atoms with Gasteiger partial charge < -0.3 is 19.5 Å². The molecule has 5 rings (SSSR count). The van der Waals surface area contributed by atoms with Crippen molar-refractivity contribution >= 4 is 11.9 Å². The summed E-state index contributed by atoms with van der Waals surface area (Å²) in [5.41, 5.74) is 4.87. The van der Waals surface area contributed by atoms with E-state index >= 15 is 0 Å². The first-order valence-corrected chi connectivity index (χ1v) is 13.2. The summed E-state index contributed by atoms with van der Waals surface area (Å²) in [6.07, 6.45) is 5.64. The number of hydrogen-bond acceptors (Lipinski definition) is 5. The second-order valence-electron chi connectivity index (χ2n) is 11.5. The Kier molecular flexibility index (Phi) is 6.48. The van der Waals surface area contributed by atoms with Crippen LogP contribution in [0.15, 0.2) is 36.4 Å². The number of benzene rings is 2. The number of fused-ring (bicyclic) bond motifs is 4. The van der Waals surface area contributed by atoms with E-state index in [1.54, 1.807) is 18.2 Å². The molecule has 3 aliphatic rings. The quantitative estimate of drug-likeness (QED) is 0.539. The molecule has 0 spiro atoms. The molecule has 2 aliphatic carbocycles. The van der Waals surface area contributed by atoms with E-state index in [1.165, 1.54) is 23.1 Å². The van der Waals surface area contributed by atoms with Gasteiger partial charge in [-0.1, -0.05) is 52.3 Å². The average molecular weight is 492 g/mol. The molecule has 0 saturated heterocycles. The lowest BCUT2D eigenvalue weighted by Crippen LogP contribution is -2.53. The van der Waals surface area contributed by atoms with Crippen LogP contribution in [0.4, 0.5) is 0 Å². The van der Waals surface area contributed by atoms with Crippen LogP contribution in [-0.4, -0.2) is 31.8 Å². The maximum absolute atomic E-state index is 12.7. The molecule has 1 aliphatic heterocycles. The van der Waals surface area contributed by atoms with Gasteiger partial charge in [0, 0.05) is 6.54 Å². The third-order valence-electron chi connectivity index (χ3n) is 8.80. The number of carbonyl (C=O) groups excluding carboxylic acids is 2. The topological polar surface area (TPSA) is 73.9 Å². The molecule has 1 N–H and O–H groups in total. The lowest BCUT2D eigenvalue weighted by molar-refractivity contribution is -0.125. The van der Waals surface area contributed by atoms with Gasteiger partial charge in [-0.05, 0) is 83.2 Å². The smallest absolute Gasteiger partial charge is 0.338 e. The van der Waals surface area contributed by atoms with Crippen LogP contribution < -0.4 is 14.8 Å². The zero-order valence-corrected chi connectivity index (χ0v) is 21.8. The van der Waals surface area contributed by atoms with E-state index in [4.69, 9.17) is 14.2 Å². The summed E-state index contributed by atoms with van der Waals surface area (Å²) in [6.45, 7) is 9.68. The molecule has 2 aromatic carbocycles. The van der Waals surface area contributed by atoms with Crippen molar-refractivity contribution in [1.29, 1.82) is 0 Å². The summed E-state index contributed by atoms with van der Waals surface area (Å²) >= 11 is 0. The van der Waals surface area contributed by atoms with Crippen molar-refractivity contribution in [2.24, 2.45) is 11.3 Å². The first-order chi connectivity index (χ1) is 17.2. The van der Waals surface area contributed by atoms with Gasteiger partial charge in [-0.25, -0.2) is 4.79 Å². The summed E-state index contributed by atoms with van der Waals surface area (Å²) in [6, 6.07) is 12.0. The normalized spacial score (nSPS) is 26.2. The van der Waals surface area contributed by atoms with Gasteiger partial charge in [0.05, 0.1) is 5.56 Å². The predicted molar refractivity (Wildman–Crippen MR) is 138 cm³/mol. The molecule has 2 aromatic rings. The zero-order chi connectivity index (χ0) is 25.5. The maximum atomic E-state index is 12.7. The van der Waals surface area contributed by atoms with Crippen LogP contribution in [-0.2, 0) is 21.4 Å². The van der Waals surface area contributed by atoms with E-state index in [9.17, 15) is 9.59 Å². The zero-order valence-electron chi connectivity index (χ0n) is 21.8. The Labute approximate surface area is 213 Å². The fourth-order valence-corrected chi connectivity index (χ4v) is 6.80. The van der Waals surface area contributed by atoms with Crippen molar-refractivity contribution in [3.8, 4) is 11.5 Å². The summed E-state index contributed by atoms with van der Waals surface area (Å²) in [7, 11) is 0. The summed E-state index contributed by atoms with van der Waals surface area (Å²) in [4.78, 5) is 25.1. The van der Waals surface area contributed by atoms with Crippen molar-refractivity contribution < 1.29 is 23.8 Å². The molecule has 0 radical (unpaired) electrons. The van der Waals surface area contributed by atoms with Gasteiger partial charge in [-0.15, -0.1) is 0 Å². The van der Waals surface area contributed by atoms with Gasteiger partial charge in [-0.2, -0.15) is 0 Å². The van der Waals surface area contributed by atoms with Crippen LogP contribution in [0.3, 0.4) is 0 Å². The Morgan fingerprint density at radius 1 is 1.08 bits per heavy atom. The Hall–Kier alpha value is -3.02. The van der Waals surface area contributed by atoms with Crippen LogP contribution >= 0.6 is 0 Å². The third-order valence-corrected chi connectivity index (χ3v) is 8.80. The molecule has 192 valence electrons. The van der Waals surface area contributed by atoms with E-state index < -0.39 is 5.97 Å². The van der Waals surface area contributed by atoms with Crippen LogP contribution in [0.5, 0.6) is 11.5 Å². The van der Waals surface area contributed by atoms with Crippen molar-refractivity contribution in [3.63, 3.8) is 0 Å². The predicted octanol–water partition coefficient (Wildman–Crippen LogP) is 5.52. The molecule has 6 nitrogen and oxygen atoms in total. The number of hydrogen-bond donors (Lipinski definition) is 1. The van der Waals surface area contributed by atoms with Gasteiger partial charge in [0.1, 0.15) is 0 Å². The number of nitrogens with one attached hydrogen (secondary N) is 1. The molecule has 6 heteroatoms. The minimum absolute atomic E-state index is 0.00159. The van der Waals surface area contributed by atoms with Crippen molar-refractivity contribution in [3.05, 3.63) is 58.7 Å². The van der Waals surface area contributed by atoms with Crippen molar-refractivity contribution in [2.75, 3.05) is 19.9 Å². The van der Waals surface area contributed by atoms with E-state index in [0.717, 1.165) is 25.7 Å². The largest absolute Gasteiger partial charge is 0.454 e. The minimum atomic E-state index is -0.551. The summed E-state index contributed by atoms with van der Waals surface area (Å²) in [5.74, 6) is 1.32. The molecule has 1 fully saturated rings. The van der Waals surface area contributed by atoms with Gasteiger partial charge >= 0.3 is 5.97 Å². The molecule has 36 heavy (non-hydrogen) atoms. The van der Waals surface area contributed by atoms with E-state index in [-0.39, 0.29) is 30.1 Å². The molecule has 3 unspecified atom stereocenters. The number of rotatable bonds is 6. The lowest BCUT2D eigenvalue weighted by atomic mass is 9.49. The highest BCUT2D eigenvalue weighted by atomic mass is 16.7. The standard InChI is InChI=1S/C30H37NO5/c1-19(2)20-6-9-23-21(14-20)8-11-26-29(3,12-5-13-30(23,26)4)17-31-27(32)16-34-28(33)22-7-10-24-25(15-22)36-18-35-24/h6-7,9-10,14-15,19,26H,5,8,11-13,16-18H2,1-4H3,(H,31,32). The van der Waals surface area contributed by atoms with Crippen LogP contribution in [0.2, 0.25) is 0 Å². The highest BCUT2D eigenvalue weighted by molar-refractivity contribution is 5.92. The second-order valence-corrected chi connectivity index (χ2v) is 11.5. The first kappa shape index (κ1) is 24.7. The first-order valence-electron chi connectivity index (χ1n) is 13.2. The van der Waals surface area contributed by atoms with Gasteiger partial charge in [0.2, 0.25) is 6.79 Å². The monoisotopic (exact) mass is 491 g/mol. The number of aryl methyl sites for hydroxylation is 1. The van der Waals surface area contributed by atoms with Crippen LogP contribution in [0, 0.1) is 11.3 Å². The minimum Gasteiger partial charge on any atom is -0.454 e. The summed E-state index contributed by atoms with van der Waals surface area (Å²) < 4.78 is 15.9. The fourth-order valence-electron chi connectivity index (χ4n) is 6.80. The number of ether oxygens (including phenoxy) is 3. The SMILES string of the molecule is CC(C)c1ccc2c(c1)CCC1C(C)(CNC(=O)COC(=O)c3ccc4c(c3)OCO4)CCCC21C. The highest BCUT2D eigenvalue weighted by Gasteiger charge is 2.51. The van der Waals surface area contributed by atoms with Gasteiger partial charge in [0.15, 0.2) is 18.1 Å². The lowest BCUT2D eigenvalue weighted by Gasteiger charge is -2.55. The Morgan fingerprint density at radius 3 is 2.69 bits per heavy atom. The van der Waals surface area contributed by atoms with E-state index in [2.05, 4.69) is 51.2 Å². The van der Waals surface area contributed by atoms with Crippen molar-refractivity contribution in [1.82, 2.24) is 5.32 Å². The fraction of sp³-hybridized carbons (Fsp3) is 0.533. The summed E-state index contributed by atoms with van der Waals surface area (Å²) in [5, 5.41) is 3.08. The molecule has 3 atom stereocenters. The Bertz CT molecular complexity index is 1170. The Morgan fingerprint density at radius 2 is 1.89 bits per heavy atom. The van der Waals surface area contributed by atoms with Crippen molar-refractivity contribution in [2.45, 2.75) is 71.1 Å². The van der Waals surface area contributed by atoms with E-state index in [1.807, 2.05) is 0 Å². The molecule has 1 saturated carbocycles. The molecule has 0 bridgehead atoms. The molecular formula is C30H37NO5. The van der Waals surface area contributed by atoms with E-state index in [0.29, 0.717) is 35.4 Å². The van der Waals surface area contributed by atoms with Gasteiger partial charge in [-0.3, -0.25) is 4.79 Å². The van der Waals surface area contributed by atoms with Crippen LogP contribution in [0.25, 0.3) is 0 Å². The molecule has 1 amide bonds. The number of amides is 1. The van der Waals surface area contributed by atoms with Gasteiger partial charge in [0.25, 0.3) is 5.91 Å². The Balaban J connectivity index is 1.21. The third kappa shape index (κ3) is 4.46. The molecule has 1 heterocycles. The molecular weight excluding hydrogens is 454 g/mol. The number of carbonyl (C=O) groups is 2. The average Bonchev–Trinajstić information content (AvgIpc) is 3.33. The van der Waals surface area contributed by atoms with Crippen LogP contribution in [0.1, 0.15) is 86.3 Å². The molecule has 0 aromatic heterocycles.